The molecule has 278 valence electrons. The van der Waals surface area contributed by atoms with E-state index in [4.69, 9.17) is 42.6 Å². The predicted octanol–water partition coefficient (Wildman–Crippen LogP) is 7.54. The standard InChI is InChI=1S/C41H48O11/c1-22-23(2)41(29-12-16-33(36(20-29)47-8)51-25(4)39(43)27-10-14-31-37(18-27)49-21-48-31)52-40(22)28-11-15-32(35(19-28)46-7)50-24(3)38(42)26-9-13-30(44-5)34(17-26)45-6/h9-20,22-25,38-43H,21H2,1-8H3/t22-,23-,24?,25?,38+,39?,40+,41+/m1/s1. The summed E-state index contributed by atoms with van der Waals surface area (Å²) in [6.07, 6.45) is -3.43. The molecule has 2 N–H and O–H groups in total. The number of hydrogen-bond acceptors (Lipinski definition) is 11. The van der Waals surface area contributed by atoms with Crippen molar-refractivity contribution in [3.05, 3.63) is 95.1 Å². The van der Waals surface area contributed by atoms with Crippen LogP contribution in [0.15, 0.2) is 72.8 Å². The van der Waals surface area contributed by atoms with E-state index in [2.05, 4.69) is 13.8 Å². The molecule has 11 nitrogen and oxygen atoms in total. The Balaban J connectivity index is 1.14. The van der Waals surface area contributed by atoms with E-state index in [1.807, 2.05) is 43.3 Å². The first-order chi connectivity index (χ1) is 25.1. The average molecular weight is 717 g/mol. The fourth-order valence-corrected chi connectivity index (χ4v) is 6.84. The lowest BCUT2D eigenvalue weighted by Crippen LogP contribution is -2.22. The second kappa shape index (κ2) is 15.8. The van der Waals surface area contributed by atoms with E-state index in [9.17, 15) is 10.2 Å². The van der Waals surface area contributed by atoms with E-state index in [0.29, 0.717) is 57.1 Å². The molecule has 3 unspecified atom stereocenters. The second-order valence-electron chi connectivity index (χ2n) is 13.3. The highest BCUT2D eigenvalue weighted by atomic mass is 16.7. The maximum Gasteiger partial charge on any atom is 0.231 e. The smallest absolute Gasteiger partial charge is 0.231 e. The van der Waals surface area contributed by atoms with E-state index >= 15 is 0 Å². The molecule has 0 radical (unpaired) electrons. The third-order valence-electron chi connectivity index (χ3n) is 10.1. The Kier molecular flexibility index (Phi) is 11.2. The lowest BCUT2D eigenvalue weighted by Gasteiger charge is -2.24. The maximum atomic E-state index is 11.1. The molecular weight excluding hydrogens is 668 g/mol. The van der Waals surface area contributed by atoms with Gasteiger partial charge in [-0.15, -0.1) is 0 Å². The fourth-order valence-electron chi connectivity index (χ4n) is 6.84. The third-order valence-corrected chi connectivity index (χ3v) is 10.1. The van der Waals surface area contributed by atoms with Gasteiger partial charge < -0.3 is 52.8 Å². The van der Waals surface area contributed by atoms with Crippen molar-refractivity contribution < 1.29 is 52.8 Å². The van der Waals surface area contributed by atoms with Gasteiger partial charge in [-0.25, -0.2) is 0 Å². The van der Waals surface area contributed by atoms with Crippen molar-refractivity contribution in [2.75, 3.05) is 35.2 Å². The van der Waals surface area contributed by atoms with Gasteiger partial charge in [0.1, 0.15) is 24.4 Å². The van der Waals surface area contributed by atoms with Gasteiger partial charge in [-0.1, -0.05) is 38.1 Å². The SMILES string of the molecule is COc1ccc([C@@H](O)C(C)Oc2ccc([C@H]3O[C@H](c4ccc(OC(C)C(O)c5ccc6c(c5)OCO6)c(OC)c4)[C@H](C)[C@H]3C)cc2OC)cc1OC. The van der Waals surface area contributed by atoms with Gasteiger partial charge in [-0.2, -0.15) is 0 Å². The molecule has 8 atom stereocenters. The van der Waals surface area contributed by atoms with Crippen LogP contribution in [0.1, 0.15) is 74.4 Å². The van der Waals surface area contributed by atoms with Crippen LogP contribution in [0.3, 0.4) is 0 Å². The fraction of sp³-hybridized carbons (Fsp3) is 0.415. The van der Waals surface area contributed by atoms with Gasteiger partial charge >= 0.3 is 0 Å². The summed E-state index contributed by atoms with van der Waals surface area (Å²) in [4.78, 5) is 0. The molecule has 2 aliphatic heterocycles. The van der Waals surface area contributed by atoms with Crippen LogP contribution >= 0.6 is 0 Å². The number of fused-ring (bicyclic) bond motifs is 1. The highest BCUT2D eigenvalue weighted by molar-refractivity contribution is 5.48. The topological polar surface area (TPSA) is 124 Å². The Hall–Kier alpha value is -4.84. The zero-order chi connectivity index (χ0) is 37.1. The average Bonchev–Trinajstić information content (AvgIpc) is 3.77. The van der Waals surface area contributed by atoms with Gasteiger partial charge in [-0.05, 0) is 96.5 Å². The number of hydrogen-bond donors (Lipinski definition) is 2. The normalized spacial score (nSPS) is 21.5. The van der Waals surface area contributed by atoms with Crippen LogP contribution in [0.25, 0.3) is 0 Å². The van der Waals surface area contributed by atoms with Gasteiger partial charge in [0.05, 0.1) is 40.6 Å². The van der Waals surface area contributed by atoms with E-state index in [0.717, 1.165) is 11.1 Å². The van der Waals surface area contributed by atoms with Crippen LogP contribution in [0.4, 0.5) is 0 Å². The summed E-state index contributed by atoms with van der Waals surface area (Å²) in [6.45, 7) is 8.14. The first-order valence-corrected chi connectivity index (χ1v) is 17.4. The summed E-state index contributed by atoms with van der Waals surface area (Å²) < 4.78 is 52.3. The molecule has 4 aromatic rings. The van der Waals surface area contributed by atoms with Crippen molar-refractivity contribution in [2.45, 2.75) is 64.3 Å². The molecule has 0 amide bonds. The van der Waals surface area contributed by atoms with Crippen molar-refractivity contribution in [3.63, 3.8) is 0 Å². The molecule has 2 aliphatic rings. The quantitative estimate of drug-likeness (QED) is 0.135. The molecule has 1 saturated heterocycles. The minimum Gasteiger partial charge on any atom is -0.493 e. The Labute approximate surface area is 304 Å². The number of rotatable bonds is 14. The van der Waals surface area contributed by atoms with Crippen molar-refractivity contribution in [2.24, 2.45) is 11.8 Å². The summed E-state index contributed by atoms with van der Waals surface area (Å²) in [6, 6.07) is 22.2. The molecule has 0 aromatic heterocycles. The highest BCUT2D eigenvalue weighted by Crippen LogP contribution is 2.51. The van der Waals surface area contributed by atoms with Crippen LogP contribution in [-0.4, -0.2) is 57.7 Å². The van der Waals surface area contributed by atoms with Crippen molar-refractivity contribution in [3.8, 4) is 46.0 Å². The Morgan fingerprint density at radius 1 is 0.538 bits per heavy atom. The highest BCUT2D eigenvalue weighted by Gasteiger charge is 2.41. The largest absolute Gasteiger partial charge is 0.493 e. The molecule has 6 rings (SSSR count). The molecule has 4 aromatic carbocycles. The van der Waals surface area contributed by atoms with Gasteiger partial charge in [-0.3, -0.25) is 0 Å². The molecule has 0 spiro atoms. The monoisotopic (exact) mass is 716 g/mol. The summed E-state index contributed by atoms with van der Waals surface area (Å²) in [5, 5.41) is 22.2. The van der Waals surface area contributed by atoms with Crippen molar-refractivity contribution in [1.82, 2.24) is 0 Å². The zero-order valence-electron chi connectivity index (χ0n) is 30.8. The van der Waals surface area contributed by atoms with Gasteiger partial charge in [0.25, 0.3) is 0 Å². The van der Waals surface area contributed by atoms with Crippen LogP contribution < -0.4 is 37.9 Å². The molecular formula is C41H48O11. The molecule has 11 heteroatoms. The predicted molar refractivity (Wildman–Crippen MR) is 193 cm³/mol. The van der Waals surface area contributed by atoms with E-state index in [1.165, 1.54) is 0 Å². The molecule has 0 saturated carbocycles. The van der Waals surface area contributed by atoms with Gasteiger partial charge in [0.2, 0.25) is 6.79 Å². The molecule has 0 bridgehead atoms. The molecule has 52 heavy (non-hydrogen) atoms. The number of aliphatic hydroxyl groups excluding tert-OH is 2. The summed E-state index contributed by atoms with van der Waals surface area (Å²) in [5.74, 6) is 4.80. The van der Waals surface area contributed by atoms with Crippen LogP contribution in [0, 0.1) is 11.8 Å². The second-order valence-corrected chi connectivity index (χ2v) is 13.3. The van der Waals surface area contributed by atoms with Crippen molar-refractivity contribution >= 4 is 0 Å². The summed E-state index contributed by atoms with van der Waals surface area (Å²) >= 11 is 0. The van der Waals surface area contributed by atoms with Crippen molar-refractivity contribution in [1.29, 1.82) is 0 Å². The maximum absolute atomic E-state index is 11.1. The number of benzene rings is 4. The summed E-state index contributed by atoms with van der Waals surface area (Å²) in [7, 11) is 6.31. The lowest BCUT2D eigenvalue weighted by molar-refractivity contribution is 0.0281. The number of methoxy groups -OCH3 is 4. The molecule has 2 heterocycles. The first-order valence-electron chi connectivity index (χ1n) is 17.4. The number of aliphatic hydroxyl groups is 2. The van der Waals surface area contributed by atoms with Crippen LogP contribution in [0.2, 0.25) is 0 Å². The summed E-state index contributed by atoms with van der Waals surface area (Å²) in [5.41, 5.74) is 3.22. The minimum atomic E-state index is -0.930. The van der Waals surface area contributed by atoms with Gasteiger partial charge in [0.15, 0.2) is 46.0 Å². The zero-order valence-corrected chi connectivity index (χ0v) is 30.8. The Morgan fingerprint density at radius 3 is 1.50 bits per heavy atom. The van der Waals surface area contributed by atoms with Crippen LogP contribution in [-0.2, 0) is 4.74 Å². The Morgan fingerprint density at radius 2 is 0.981 bits per heavy atom. The van der Waals surface area contributed by atoms with E-state index in [1.54, 1.807) is 71.8 Å². The minimum absolute atomic E-state index is 0.164. The molecule has 1 fully saturated rings. The van der Waals surface area contributed by atoms with Gasteiger partial charge in [0, 0.05) is 0 Å². The van der Waals surface area contributed by atoms with Crippen LogP contribution in [0.5, 0.6) is 46.0 Å². The van der Waals surface area contributed by atoms with E-state index in [-0.39, 0.29) is 30.8 Å². The lowest BCUT2D eigenvalue weighted by atomic mass is 9.85. The number of ether oxygens (including phenoxy) is 9. The Bertz CT molecular complexity index is 1840. The molecule has 0 aliphatic carbocycles. The van der Waals surface area contributed by atoms with E-state index < -0.39 is 24.4 Å². The third kappa shape index (κ3) is 7.39. The first kappa shape index (κ1) is 36.9.